The van der Waals surface area contributed by atoms with Crippen molar-refractivity contribution in [1.82, 2.24) is 0 Å². The fourth-order valence-electron chi connectivity index (χ4n) is 1.43. The Balaban J connectivity index is 2.64. The highest BCUT2D eigenvalue weighted by Crippen LogP contribution is 2.31. The van der Waals surface area contributed by atoms with E-state index in [0.717, 1.165) is 12.8 Å². The van der Waals surface area contributed by atoms with Crippen molar-refractivity contribution in [3.8, 4) is 0 Å². The lowest BCUT2D eigenvalue weighted by Crippen LogP contribution is -2.39. The molecule has 3 heteroatoms. The fourth-order valence-corrected chi connectivity index (χ4v) is 1.59. The first-order valence-electron chi connectivity index (χ1n) is 4.51. The van der Waals surface area contributed by atoms with Crippen molar-refractivity contribution >= 4 is 17.4 Å². The van der Waals surface area contributed by atoms with Crippen LogP contribution in [0.4, 0.5) is 0 Å². The predicted molar refractivity (Wildman–Crippen MR) is 52.8 cm³/mol. The van der Waals surface area contributed by atoms with E-state index in [9.17, 15) is 4.79 Å². The summed E-state index contributed by atoms with van der Waals surface area (Å²) >= 11 is 5.59. The normalized spacial score (nSPS) is 25.8. The van der Waals surface area contributed by atoms with E-state index in [-0.39, 0.29) is 11.9 Å². The number of allylic oxidation sites excluding steroid dienone is 1. The monoisotopic (exact) mass is 202 g/mol. The molecule has 2 nitrogen and oxygen atoms in total. The van der Waals surface area contributed by atoms with Crippen LogP contribution < -0.4 is 0 Å². The molecule has 1 rings (SSSR count). The average Bonchev–Trinajstić information content (AvgIpc) is 2.08. The van der Waals surface area contributed by atoms with Crippen LogP contribution in [0.15, 0.2) is 12.3 Å². The summed E-state index contributed by atoms with van der Waals surface area (Å²) in [5.41, 5.74) is -0.402. The first kappa shape index (κ1) is 10.6. The summed E-state index contributed by atoms with van der Waals surface area (Å²) < 4.78 is 5.41. The van der Waals surface area contributed by atoms with Gasteiger partial charge >= 0.3 is 0 Å². The van der Waals surface area contributed by atoms with Crippen molar-refractivity contribution in [3.05, 3.63) is 12.3 Å². The Morgan fingerprint density at radius 2 is 2.31 bits per heavy atom. The molecule has 1 aliphatic rings. The highest BCUT2D eigenvalue weighted by Gasteiger charge is 2.38. The number of hydrogen-bond acceptors (Lipinski definition) is 2. The van der Waals surface area contributed by atoms with Crippen molar-refractivity contribution in [2.45, 2.75) is 32.8 Å². The van der Waals surface area contributed by atoms with Gasteiger partial charge in [-0.2, -0.15) is 0 Å². The number of ketones is 1. The Labute approximate surface area is 83.9 Å². The SMILES string of the molecule is CC1(C)C(=O)C=COC1CCCCl. The molecule has 0 fully saturated rings. The molecular formula is C10H15ClO2. The maximum absolute atomic E-state index is 11.5. The Bertz CT molecular complexity index is 221. The number of ether oxygens (including phenoxy) is 1. The third-order valence-electron chi connectivity index (χ3n) is 2.50. The van der Waals surface area contributed by atoms with Crippen LogP contribution in [0.25, 0.3) is 0 Å². The van der Waals surface area contributed by atoms with Gasteiger partial charge in [0.1, 0.15) is 6.10 Å². The van der Waals surface area contributed by atoms with Crippen LogP contribution in [0.5, 0.6) is 0 Å². The maximum atomic E-state index is 11.5. The molecule has 0 radical (unpaired) electrons. The van der Waals surface area contributed by atoms with Gasteiger partial charge in [0.25, 0.3) is 0 Å². The third kappa shape index (κ3) is 2.25. The summed E-state index contributed by atoms with van der Waals surface area (Å²) in [6, 6.07) is 0. The second-order valence-corrected chi connectivity index (χ2v) is 4.22. The highest BCUT2D eigenvalue weighted by molar-refractivity contribution is 6.17. The lowest BCUT2D eigenvalue weighted by Gasteiger charge is -2.34. The van der Waals surface area contributed by atoms with Gasteiger partial charge in [-0.05, 0) is 26.7 Å². The largest absolute Gasteiger partial charge is 0.497 e. The Kier molecular flexibility index (Phi) is 3.37. The van der Waals surface area contributed by atoms with Gasteiger partial charge in [0.15, 0.2) is 5.78 Å². The number of hydrogen-bond donors (Lipinski definition) is 0. The van der Waals surface area contributed by atoms with Crippen LogP contribution in [0.3, 0.4) is 0 Å². The van der Waals surface area contributed by atoms with Crippen molar-refractivity contribution in [2.24, 2.45) is 5.41 Å². The molecule has 0 spiro atoms. The minimum absolute atomic E-state index is 0.0243. The van der Waals surface area contributed by atoms with Crippen LogP contribution in [0, 0.1) is 5.41 Å². The molecular weight excluding hydrogens is 188 g/mol. The van der Waals surface area contributed by atoms with E-state index in [0.29, 0.717) is 5.88 Å². The topological polar surface area (TPSA) is 26.3 Å². The van der Waals surface area contributed by atoms with Crippen LogP contribution in [0.1, 0.15) is 26.7 Å². The van der Waals surface area contributed by atoms with Gasteiger partial charge < -0.3 is 4.74 Å². The summed E-state index contributed by atoms with van der Waals surface area (Å²) in [6.45, 7) is 3.83. The minimum atomic E-state index is -0.402. The lowest BCUT2D eigenvalue weighted by molar-refractivity contribution is -0.131. The first-order valence-corrected chi connectivity index (χ1v) is 5.05. The van der Waals surface area contributed by atoms with Crippen molar-refractivity contribution in [2.75, 3.05) is 5.88 Å². The van der Waals surface area contributed by atoms with E-state index in [2.05, 4.69) is 0 Å². The molecule has 1 aliphatic heterocycles. The molecule has 0 aromatic heterocycles. The Hall–Kier alpha value is -0.500. The third-order valence-corrected chi connectivity index (χ3v) is 2.77. The van der Waals surface area contributed by atoms with Gasteiger partial charge in [-0.25, -0.2) is 0 Å². The molecule has 0 aromatic carbocycles. The van der Waals surface area contributed by atoms with Gasteiger partial charge in [-0.1, -0.05) is 0 Å². The zero-order valence-corrected chi connectivity index (χ0v) is 8.80. The molecule has 0 saturated heterocycles. The minimum Gasteiger partial charge on any atom is -0.497 e. The number of halogens is 1. The molecule has 0 amide bonds. The first-order chi connectivity index (χ1) is 6.09. The van der Waals surface area contributed by atoms with E-state index in [1.165, 1.54) is 12.3 Å². The van der Waals surface area contributed by atoms with Gasteiger partial charge in [-0.3, -0.25) is 4.79 Å². The van der Waals surface area contributed by atoms with E-state index in [1.807, 2.05) is 13.8 Å². The number of carbonyl (C=O) groups is 1. The predicted octanol–water partition coefficient (Wildman–Crippen LogP) is 2.51. The lowest BCUT2D eigenvalue weighted by atomic mass is 9.79. The number of rotatable bonds is 3. The molecule has 1 heterocycles. The van der Waals surface area contributed by atoms with E-state index < -0.39 is 5.41 Å². The molecule has 74 valence electrons. The molecule has 0 aromatic rings. The summed E-state index contributed by atoms with van der Waals surface area (Å²) in [4.78, 5) is 11.5. The fraction of sp³-hybridized carbons (Fsp3) is 0.700. The summed E-state index contributed by atoms with van der Waals surface area (Å²) in [5, 5.41) is 0. The molecule has 0 aliphatic carbocycles. The van der Waals surface area contributed by atoms with Crippen LogP contribution >= 0.6 is 11.6 Å². The van der Waals surface area contributed by atoms with Gasteiger partial charge in [0.05, 0.1) is 11.7 Å². The van der Waals surface area contributed by atoms with Gasteiger partial charge in [0, 0.05) is 12.0 Å². The molecule has 0 bridgehead atoms. The van der Waals surface area contributed by atoms with E-state index in [4.69, 9.17) is 16.3 Å². The smallest absolute Gasteiger partial charge is 0.168 e. The second-order valence-electron chi connectivity index (χ2n) is 3.84. The molecule has 13 heavy (non-hydrogen) atoms. The molecule has 0 N–H and O–H groups in total. The van der Waals surface area contributed by atoms with E-state index >= 15 is 0 Å². The van der Waals surface area contributed by atoms with Gasteiger partial charge in [0.2, 0.25) is 0 Å². The number of carbonyl (C=O) groups excluding carboxylic acids is 1. The summed E-state index contributed by atoms with van der Waals surface area (Å²) in [5.74, 6) is 0.756. The Morgan fingerprint density at radius 3 is 2.92 bits per heavy atom. The highest BCUT2D eigenvalue weighted by atomic mass is 35.5. The van der Waals surface area contributed by atoms with Crippen molar-refractivity contribution in [1.29, 1.82) is 0 Å². The van der Waals surface area contributed by atoms with E-state index in [1.54, 1.807) is 0 Å². The molecule has 0 saturated carbocycles. The summed E-state index contributed by atoms with van der Waals surface area (Å²) in [6.07, 6.45) is 4.69. The summed E-state index contributed by atoms with van der Waals surface area (Å²) in [7, 11) is 0. The maximum Gasteiger partial charge on any atom is 0.168 e. The van der Waals surface area contributed by atoms with Crippen molar-refractivity contribution < 1.29 is 9.53 Å². The average molecular weight is 203 g/mol. The van der Waals surface area contributed by atoms with Crippen LogP contribution in [-0.2, 0) is 9.53 Å². The standard InChI is InChI=1S/C10H15ClO2/c1-10(2)8(12)5-7-13-9(10)4-3-6-11/h5,7,9H,3-4,6H2,1-2H3. The zero-order chi connectivity index (χ0) is 9.90. The van der Waals surface area contributed by atoms with Crippen LogP contribution in [-0.4, -0.2) is 17.8 Å². The second kappa shape index (κ2) is 4.14. The van der Waals surface area contributed by atoms with Gasteiger partial charge in [-0.15, -0.1) is 11.6 Å². The molecule has 1 atom stereocenters. The Morgan fingerprint density at radius 1 is 1.62 bits per heavy atom. The quantitative estimate of drug-likeness (QED) is 0.658. The van der Waals surface area contributed by atoms with Crippen molar-refractivity contribution in [3.63, 3.8) is 0 Å². The van der Waals surface area contributed by atoms with Crippen LogP contribution in [0.2, 0.25) is 0 Å². The zero-order valence-electron chi connectivity index (χ0n) is 8.05. The number of alkyl halides is 1. The molecule has 1 unspecified atom stereocenters.